The SMILES string of the molecule is Cn1ncc([N+](=O)[O-])c1N1CC[C@@H](N)[C@@H](O)CC1. The van der Waals surface area contributed by atoms with E-state index in [4.69, 9.17) is 5.73 Å². The van der Waals surface area contributed by atoms with Gasteiger partial charge in [-0.3, -0.25) is 10.1 Å². The van der Waals surface area contributed by atoms with Crippen molar-refractivity contribution in [2.45, 2.75) is 25.0 Å². The molecule has 8 heteroatoms. The second kappa shape index (κ2) is 4.91. The Balaban J connectivity index is 2.26. The Morgan fingerprint density at radius 1 is 1.56 bits per heavy atom. The van der Waals surface area contributed by atoms with Crippen molar-refractivity contribution in [2.75, 3.05) is 18.0 Å². The Kier molecular flexibility index (Phi) is 3.48. The molecule has 1 saturated heterocycles. The number of hydrogen-bond donors (Lipinski definition) is 2. The Labute approximate surface area is 104 Å². The van der Waals surface area contributed by atoms with Crippen molar-refractivity contribution in [1.82, 2.24) is 9.78 Å². The molecule has 2 heterocycles. The molecule has 8 nitrogen and oxygen atoms in total. The van der Waals surface area contributed by atoms with Crippen LogP contribution in [0.5, 0.6) is 0 Å². The first-order valence-electron chi connectivity index (χ1n) is 5.85. The summed E-state index contributed by atoms with van der Waals surface area (Å²) in [7, 11) is 1.67. The summed E-state index contributed by atoms with van der Waals surface area (Å²) in [6.45, 7) is 1.12. The predicted molar refractivity (Wildman–Crippen MR) is 65.3 cm³/mol. The highest BCUT2D eigenvalue weighted by Gasteiger charge is 2.28. The van der Waals surface area contributed by atoms with Crippen LogP contribution in [-0.4, -0.2) is 45.0 Å². The van der Waals surface area contributed by atoms with Crippen molar-refractivity contribution in [1.29, 1.82) is 0 Å². The molecule has 0 radical (unpaired) electrons. The third-order valence-electron chi connectivity index (χ3n) is 3.31. The normalized spacial score (nSPS) is 24.9. The lowest BCUT2D eigenvalue weighted by Gasteiger charge is -2.21. The maximum absolute atomic E-state index is 10.9. The molecular weight excluding hydrogens is 238 g/mol. The van der Waals surface area contributed by atoms with Crippen LogP contribution in [0.4, 0.5) is 11.5 Å². The van der Waals surface area contributed by atoms with E-state index >= 15 is 0 Å². The van der Waals surface area contributed by atoms with Gasteiger partial charge in [0, 0.05) is 26.2 Å². The van der Waals surface area contributed by atoms with Gasteiger partial charge in [-0.25, -0.2) is 4.68 Å². The molecule has 0 unspecified atom stereocenters. The number of aliphatic hydroxyl groups is 1. The number of nitro groups is 1. The van der Waals surface area contributed by atoms with Gasteiger partial charge < -0.3 is 15.7 Å². The fourth-order valence-corrected chi connectivity index (χ4v) is 2.24. The zero-order chi connectivity index (χ0) is 13.3. The molecule has 0 aliphatic carbocycles. The van der Waals surface area contributed by atoms with Gasteiger partial charge in [0.1, 0.15) is 6.20 Å². The van der Waals surface area contributed by atoms with Gasteiger partial charge >= 0.3 is 5.69 Å². The van der Waals surface area contributed by atoms with Crippen molar-refractivity contribution < 1.29 is 10.0 Å². The highest BCUT2D eigenvalue weighted by Crippen LogP contribution is 2.28. The first kappa shape index (κ1) is 12.8. The number of aromatic nitrogens is 2. The molecule has 0 bridgehead atoms. The summed E-state index contributed by atoms with van der Waals surface area (Å²) >= 11 is 0. The predicted octanol–water partition coefficient (Wildman–Crippen LogP) is -0.383. The standard InChI is InChI=1S/C10H17N5O3/c1-13-10(8(6-12-13)15(17)18)14-4-2-7(11)9(16)3-5-14/h6-7,9,16H,2-5,11H2,1H3/t7-,9+/m1/s1. The number of aryl methyl sites for hydroxylation is 1. The van der Waals surface area contributed by atoms with E-state index in [0.717, 1.165) is 0 Å². The molecule has 0 saturated carbocycles. The molecule has 2 rings (SSSR count). The smallest absolute Gasteiger partial charge is 0.331 e. The summed E-state index contributed by atoms with van der Waals surface area (Å²) in [5, 5.41) is 24.6. The van der Waals surface area contributed by atoms with Gasteiger partial charge in [-0.05, 0) is 12.8 Å². The zero-order valence-electron chi connectivity index (χ0n) is 10.2. The Hall–Kier alpha value is -1.67. The number of hydrogen-bond acceptors (Lipinski definition) is 6. The third-order valence-corrected chi connectivity index (χ3v) is 3.31. The van der Waals surface area contributed by atoms with Crippen LogP contribution in [0.2, 0.25) is 0 Å². The average molecular weight is 255 g/mol. The minimum atomic E-state index is -0.553. The van der Waals surface area contributed by atoms with Gasteiger partial charge in [0.25, 0.3) is 0 Å². The number of nitrogens with two attached hydrogens (primary N) is 1. The van der Waals surface area contributed by atoms with Gasteiger partial charge in [0.2, 0.25) is 5.82 Å². The van der Waals surface area contributed by atoms with Crippen LogP contribution >= 0.6 is 0 Å². The van der Waals surface area contributed by atoms with E-state index in [1.54, 1.807) is 7.05 Å². The van der Waals surface area contributed by atoms with Crippen molar-refractivity contribution in [3.05, 3.63) is 16.3 Å². The molecule has 1 aromatic rings. The Morgan fingerprint density at radius 3 is 2.89 bits per heavy atom. The van der Waals surface area contributed by atoms with Gasteiger partial charge in [-0.2, -0.15) is 5.10 Å². The minimum absolute atomic E-state index is 0.0116. The summed E-state index contributed by atoms with van der Waals surface area (Å²) in [5.74, 6) is 0.473. The van der Waals surface area contributed by atoms with Gasteiger partial charge in [-0.15, -0.1) is 0 Å². The summed E-state index contributed by atoms with van der Waals surface area (Å²) in [6.07, 6.45) is 1.80. The van der Waals surface area contributed by atoms with E-state index in [0.29, 0.717) is 31.7 Å². The van der Waals surface area contributed by atoms with Crippen LogP contribution in [0.3, 0.4) is 0 Å². The van der Waals surface area contributed by atoms with Crippen LogP contribution in [0.15, 0.2) is 6.20 Å². The maximum atomic E-state index is 10.9. The Bertz CT molecular complexity index is 435. The van der Waals surface area contributed by atoms with E-state index in [1.165, 1.54) is 10.9 Å². The maximum Gasteiger partial charge on any atom is 0.331 e. The Morgan fingerprint density at radius 2 is 2.22 bits per heavy atom. The molecule has 100 valence electrons. The van der Waals surface area contributed by atoms with Gasteiger partial charge in [0.15, 0.2) is 0 Å². The van der Waals surface area contributed by atoms with Crippen molar-refractivity contribution >= 4 is 11.5 Å². The monoisotopic (exact) mass is 255 g/mol. The molecule has 1 aromatic heterocycles. The molecule has 0 amide bonds. The van der Waals surface area contributed by atoms with Crippen molar-refractivity contribution in [3.63, 3.8) is 0 Å². The topological polar surface area (TPSA) is 110 Å². The van der Waals surface area contributed by atoms with Crippen LogP contribution in [-0.2, 0) is 7.05 Å². The zero-order valence-corrected chi connectivity index (χ0v) is 10.2. The quantitative estimate of drug-likeness (QED) is 0.550. The molecule has 1 aliphatic rings. The first-order valence-corrected chi connectivity index (χ1v) is 5.85. The highest BCUT2D eigenvalue weighted by molar-refractivity contribution is 5.57. The molecule has 18 heavy (non-hydrogen) atoms. The lowest BCUT2D eigenvalue weighted by Crippen LogP contribution is -2.34. The lowest BCUT2D eigenvalue weighted by molar-refractivity contribution is -0.384. The molecule has 0 aromatic carbocycles. The van der Waals surface area contributed by atoms with Crippen LogP contribution in [0.25, 0.3) is 0 Å². The fourth-order valence-electron chi connectivity index (χ4n) is 2.24. The second-order valence-corrected chi connectivity index (χ2v) is 4.53. The molecule has 3 N–H and O–H groups in total. The number of aliphatic hydroxyl groups excluding tert-OH is 1. The van der Waals surface area contributed by atoms with Gasteiger partial charge in [-0.1, -0.05) is 0 Å². The largest absolute Gasteiger partial charge is 0.391 e. The summed E-state index contributed by atoms with van der Waals surface area (Å²) in [4.78, 5) is 12.4. The van der Waals surface area contributed by atoms with Crippen LogP contribution in [0.1, 0.15) is 12.8 Å². The van der Waals surface area contributed by atoms with Crippen LogP contribution in [0, 0.1) is 10.1 Å². The lowest BCUT2D eigenvalue weighted by atomic mass is 10.1. The number of anilines is 1. The summed E-state index contributed by atoms with van der Waals surface area (Å²) in [5.41, 5.74) is 5.79. The van der Waals surface area contributed by atoms with E-state index in [9.17, 15) is 15.2 Å². The van der Waals surface area contributed by atoms with Crippen molar-refractivity contribution in [2.24, 2.45) is 12.8 Å². The molecule has 1 fully saturated rings. The molecule has 2 atom stereocenters. The summed E-state index contributed by atoms with van der Waals surface area (Å²) in [6, 6.07) is -0.276. The third kappa shape index (κ3) is 2.29. The van der Waals surface area contributed by atoms with E-state index < -0.39 is 11.0 Å². The van der Waals surface area contributed by atoms with E-state index in [2.05, 4.69) is 5.10 Å². The van der Waals surface area contributed by atoms with Crippen LogP contribution < -0.4 is 10.6 Å². The van der Waals surface area contributed by atoms with Crippen molar-refractivity contribution in [3.8, 4) is 0 Å². The first-order chi connectivity index (χ1) is 8.50. The highest BCUT2D eigenvalue weighted by atomic mass is 16.6. The molecule has 1 aliphatic heterocycles. The van der Waals surface area contributed by atoms with E-state index in [-0.39, 0.29) is 11.7 Å². The van der Waals surface area contributed by atoms with Gasteiger partial charge in [0.05, 0.1) is 11.0 Å². The minimum Gasteiger partial charge on any atom is -0.391 e. The average Bonchev–Trinajstić information content (AvgIpc) is 2.63. The van der Waals surface area contributed by atoms with E-state index in [1.807, 2.05) is 4.90 Å². The summed E-state index contributed by atoms with van der Waals surface area (Å²) < 4.78 is 1.49. The molecule has 0 spiro atoms. The number of rotatable bonds is 2. The number of nitrogens with zero attached hydrogens (tertiary/aromatic N) is 4. The molecular formula is C10H17N5O3. The second-order valence-electron chi connectivity index (χ2n) is 4.53. The fraction of sp³-hybridized carbons (Fsp3) is 0.700.